The fourth-order valence-corrected chi connectivity index (χ4v) is 3.53. The Morgan fingerprint density at radius 2 is 2.19 bits per heavy atom. The van der Waals surface area contributed by atoms with Gasteiger partial charge in [-0.05, 0) is 43.4 Å². The topological polar surface area (TPSA) is 52.2 Å². The number of Topliss-reactive ketones (excluding diaryl/α,β-unsaturated/α-hetero) is 1. The van der Waals surface area contributed by atoms with Crippen LogP contribution in [0.4, 0.5) is 0 Å². The van der Waals surface area contributed by atoms with E-state index in [0.29, 0.717) is 17.7 Å². The third-order valence-corrected chi connectivity index (χ3v) is 4.84. The lowest BCUT2D eigenvalue weighted by atomic mass is 9.78. The summed E-state index contributed by atoms with van der Waals surface area (Å²) in [6.45, 7) is 6.79. The number of benzene rings is 1. The van der Waals surface area contributed by atoms with Gasteiger partial charge in [-0.25, -0.2) is 4.79 Å². The molecule has 4 heteroatoms. The van der Waals surface area contributed by atoms with Crippen LogP contribution in [-0.2, 0) is 6.54 Å². The van der Waals surface area contributed by atoms with Crippen molar-refractivity contribution >= 4 is 16.9 Å². The Balaban J connectivity index is 2.02. The van der Waals surface area contributed by atoms with Crippen molar-refractivity contribution in [3.05, 3.63) is 34.3 Å². The normalized spacial score (nSPS) is 21.0. The number of hydrogen-bond acceptors (Lipinski definition) is 3. The molecule has 0 N–H and O–H groups in total. The Kier molecular flexibility index (Phi) is 3.27. The number of nitrogens with zero attached hydrogens (tertiary/aromatic N) is 1. The van der Waals surface area contributed by atoms with Gasteiger partial charge in [-0.15, -0.1) is 0 Å². The second kappa shape index (κ2) is 4.86. The van der Waals surface area contributed by atoms with Gasteiger partial charge in [-0.3, -0.25) is 9.36 Å². The van der Waals surface area contributed by atoms with E-state index in [-0.39, 0.29) is 22.9 Å². The van der Waals surface area contributed by atoms with E-state index < -0.39 is 0 Å². The van der Waals surface area contributed by atoms with E-state index in [2.05, 4.69) is 13.8 Å². The number of hydrogen-bond donors (Lipinski definition) is 0. The fourth-order valence-electron chi connectivity index (χ4n) is 3.53. The van der Waals surface area contributed by atoms with Crippen LogP contribution in [0.25, 0.3) is 11.1 Å². The second-order valence-electron chi connectivity index (χ2n) is 6.59. The molecule has 1 unspecified atom stereocenters. The summed E-state index contributed by atoms with van der Waals surface area (Å²) in [5.41, 5.74) is 1.97. The largest absolute Gasteiger partial charge is 0.419 e. The summed E-state index contributed by atoms with van der Waals surface area (Å²) in [4.78, 5) is 24.5. The Labute approximate surface area is 123 Å². The van der Waals surface area contributed by atoms with Crippen LogP contribution >= 0.6 is 0 Å². The molecule has 1 aromatic carbocycles. The van der Waals surface area contributed by atoms with Gasteiger partial charge in [0.05, 0.1) is 5.52 Å². The summed E-state index contributed by atoms with van der Waals surface area (Å²) < 4.78 is 6.82. The van der Waals surface area contributed by atoms with Crippen molar-refractivity contribution in [2.45, 2.75) is 46.6 Å². The minimum absolute atomic E-state index is 0.0578. The quantitative estimate of drug-likeness (QED) is 0.810. The number of aromatic nitrogens is 1. The lowest BCUT2D eigenvalue weighted by molar-refractivity contribution is 0.0839. The van der Waals surface area contributed by atoms with Crippen LogP contribution < -0.4 is 5.76 Å². The molecule has 0 aliphatic heterocycles. The summed E-state index contributed by atoms with van der Waals surface area (Å²) in [6.07, 6.45) is 3.14. The average Bonchev–Trinajstić information content (AvgIpc) is 2.95. The Bertz CT molecular complexity index is 751. The van der Waals surface area contributed by atoms with Crippen LogP contribution in [-0.4, -0.2) is 10.4 Å². The molecule has 0 saturated heterocycles. The molecule has 0 radical (unpaired) electrons. The SMILES string of the molecule is CCn1c(=O)oc2cc(C(=O)C3CCCC3(C)C)ccc21. The summed E-state index contributed by atoms with van der Waals surface area (Å²) in [6, 6.07) is 5.36. The number of oxazole rings is 1. The molecule has 1 aliphatic carbocycles. The third-order valence-electron chi connectivity index (χ3n) is 4.84. The molecule has 0 bridgehead atoms. The van der Waals surface area contributed by atoms with Gasteiger partial charge in [0, 0.05) is 18.0 Å². The molecule has 3 rings (SSSR count). The van der Waals surface area contributed by atoms with Crippen molar-refractivity contribution in [2.75, 3.05) is 0 Å². The first kappa shape index (κ1) is 14.1. The van der Waals surface area contributed by atoms with Crippen LogP contribution in [0.15, 0.2) is 27.4 Å². The van der Waals surface area contributed by atoms with Crippen LogP contribution in [0, 0.1) is 11.3 Å². The van der Waals surface area contributed by atoms with Crippen LogP contribution in [0.3, 0.4) is 0 Å². The lowest BCUT2D eigenvalue weighted by Crippen LogP contribution is -2.25. The summed E-state index contributed by atoms with van der Waals surface area (Å²) >= 11 is 0. The Hall–Kier alpha value is -1.84. The molecule has 1 aliphatic rings. The van der Waals surface area contributed by atoms with Gasteiger partial charge in [-0.1, -0.05) is 20.3 Å². The monoisotopic (exact) mass is 287 g/mol. The third kappa shape index (κ3) is 2.23. The highest BCUT2D eigenvalue weighted by atomic mass is 16.4. The van der Waals surface area contributed by atoms with Crippen molar-refractivity contribution in [3.63, 3.8) is 0 Å². The molecule has 4 nitrogen and oxygen atoms in total. The number of fused-ring (bicyclic) bond motifs is 1. The van der Waals surface area contributed by atoms with E-state index in [1.807, 2.05) is 19.1 Å². The minimum Gasteiger partial charge on any atom is -0.408 e. The molecule has 0 spiro atoms. The van der Waals surface area contributed by atoms with Crippen molar-refractivity contribution < 1.29 is 9.21 Å². The highest BCUT2D eigenvalue weighted by Crippen LogP contribution is 2.44. The molecule has 2 aromatic rings. The van der Waals surface area contributed by atoms with Gasteiger partial charge in [0.15, 0.2) is 11.4 Å². The van der Waals surface area contributed by atoms with E-state index >= 15 is 0 Å². The summed E-state index contributed by atoms with van der Waals surface area (Å²) in [7, 11) is 0. The maximum absolute atomic E-state index is 12.7. The molecule has 1 atom stereocenters. The molecular weight excluding hydrogens is 266 g/mol. The number of carbonyl (C=O) groups is 1. The minimum atomic E-state index is -0.363. The van der Waals surface area contributed by atoms with Gasteiger partial charge >= 0.3 is 5.76 Å². The molecule has 1 fully saturated rings. The van der Waals surface area contributed by atoms with Gasteiger partial charge in [0.1, 0.15) is 0 Å². The number of carbonyl (C=O) groups excluding carboxylic acids is 1. The highest BCUT2D eigenvalue weighted by molar-refractivity contribution is 6.00. The number of ketones is 1. The molecule has 1 saturated carbocycles. The van der Waals surface area contributed by atoms with Crippen LogP contribution in [0.5, 0.6) is 0 Å². The number of aryl methyl sites for hydroxylation is 1. The van der Waals surface area contributed by atoms with Crippen molar-refractivity contribution in [1.29, 1.82) is 0 Å². The van der Waals surface area contributed by atoms with Gasteiger partial charge < -0.3 is 4.42 Å². The number of rotatable bonds is 3. The standard InChI is InChI=1S/C17H21NO3/c1-4-18-13-8-7-11(10-14(13)21-16(18)20)15(19)12-6-5-9-17(12,2)3/h7-8,10,12H,4-6,9H2,1-3H3. The predicted molar refractivity (Wildman–Crippen MR) is 81.6 cm³/mol. The molecule has 1 heterocycles. The Morgan fingerprint density at radius 3 is 2.81 bits per heavy atom. The van der Waals surface area contributed by atoms with Gasteiger partial charge in [0.25, 0.3) is 0 Å². The first-order valence-corrected chi connectivity index (χ1v) is 7.61. The Morgan fingerprint density at radius 1 is 1.43 bits per heavy atom. The second-order valence-corrected chi connectivity index (χ2v) is 6.59. The lowest BCUT2D eigenvalue weighted by Gasteiger charge is -2.25. The first-order chi connectivity index (χ1) is 9.94. The van der Waals surface area contributed by atoms with E-state index in [9.17, 15) is 9.59 Å². The van der Waals surface area contributed by atoms with Crippen molar-refractivity contribution in [2.24, 2.45) is 11.3 Å². The van der Waals surface area contributed by atoms with Crippen LogP contribution in [0.1, 0.15) is 50.4 Å². The highest BCUT2D eigenvalue weighted by Gasteiger charge is 2.39. The van der Waals surface area contributed by atoms with Gasteiger partial charge in [-0.2, -0.15) is 0 Å². The summed E-state index contributed by atoms with van der Waals surface area (Å²) in [5, 5.41) is 0. The summed E-state index contributed by atoms with van der Waals surface area (Å²) in [5.74, 6) is -0.125. The maximum atomic E-state index is 12.7. The van der Waals surface area contributed by atoms with Crippen LogP contribution in [0.2, 0.25) is 0 Å². The zero-order chi connectivity index (χ0) is 15.2. The van der Waals surface area contributed by atoms with Gasteiger partial charge in [0.2, 0.25) is 0 Å². The first-order valence-electron chi connectivity index (χ1n) is 7.61. The molecule has 1 aromatic heterocycles. The van der Waals surface area contributed by atoms with Crippen molar-refractivity contribution in [1.82, 2.24) is 4.57 Å². The molecular formula is C17H21NO3. The zero-order valence-corrected chi connectivity index (χ0v) is 12.8. The molecule has 21 heavy (non-hydrogen) atoms. The van der Waals surface area contributed by atoms with E-state index in [4.69, 9.17) is 4.42 Å². The maximum Gasteiger partial charge on any atom is 0.419 e. The fraction of sp³-hybridized carbons (Fsp3) is 0.529. The van der Waals surface area contributed by atoms with E-state index in [1.54, 1.807) is 10.6 Å². The molecule has 112 valence electrons. The van der Waals surface area contributed by atoms with E-state index in [1.165, 1.54) is 0 Å². The van der Waals surface area contributed by atoms with Crippen molar-refractivity contribution in [3.8, 4) is 0 Å². The average molecular weight is 287 g/mol. The zero-order valence-electron chi connectivity index (χ0n) is 12.8. The van der Waals surface area contributed by atoms with E-state index in [0.717, 1.165) is 24.8 Å². The predicted octanol–water partition coefficient (Wildman–Crippen LogP) is 3.62. The molecule has 0 amide bonds. The smallest absolute Gasteiger partial charge is 0.408 e.